The van der Waals surface area contributed by atoms with Crippen LogP contribution in [0.4, 0.5) is 5.69 Å². The van der Waals surface area contributed by atoms with Gasteiger partial charge in [-0.15, -0.1) is 0 Å². The van der Waals surface area contributed by atoms with Gasteiger partial charge in [-0.1, -0.05) is 12.1 Å². The molecule has 0 unspecified atom stereocenters. The van der Waals surface area contributed by atoms with Crippen molar-refractivity contribution in [3.63, 3.8) is 0 Å². The first-order valence-corrected chi connectivity index (χ1v) is 6.62. The van der Waals surface area contributed by atoms with Crippen molar-refractivity contribution in [2.75, 3.05) is 19.0 Å². The zero-order valence-corrected chi connectivity index (χ0v) is 12.7. The molecule has 0 aliphatic heterocycles. The van der Waals surface area contributed by atoms with Crippen LogP contribution in [-0.4, -0.2) is 57.3 Å². The zero-order valence-electron chi connectivity index (χ0n) is 12.7. The summed E-state index contributed by atoms with van der Waals surface area (Å²) in [5.74, 6) is -4.78. The Morgan fingerprint density at radius 2 is 1.25 bits per heavy atom. The summed E-state index contributed by atoms with van der Waals surface area (Å²) in [4.78, 5) is 42.7. The Hall–Kier alpha value is -3.49. The number of hydrogen-bond donors (Lipinski definition) is 3. The van der Waals surface area contributed by atoms with E-state index >= 15 is 0 Å². The highest BCUT2D eigenvalue weighted by Crippen LogP contribution is 2.25. The van der Waals surface area contributed by atoms with Crippen LogP contribution in [0.5, 0.6) is 0 Å². The summed E-state index contributed by atoms with van der Waals surface area (Å²) < 4.78 is 0. The minimum absolute atomic E-state index is 0.213. The quantitative estimate of drug-likeness (QED) is 0.739. The van der Waals surface area contributed by atoms with Gasteiger partial charge in [0.15, 0.2) is 17.1 Å². The average molecular weight is 331 g/mol. The predicted octanol–water partition coefficient (Wildman–Crippen LogP) is 1.30. The van der Waals surface area contributed by atoms with Crippen molar-refractivity contribution in [2.24, 2.45) is 0 Å². The minimum Gasteiger partial charge on any atom is -0.476 e. The summed E-state index contributed by atoms with van der Waals surface area (Å²) >= 11 is 0. The van der Waals surface area contributed by atoms with E-state index in [0.29, 0.717) is 5.56 Å². The lowest BCUT2D eigenvalue weighted by atomic mass is 10.1. The zero-order chi connectivity index (χ0) is 18.0. The van der Waals surface area contributed by atoms with Crippen molar-refractivity contribution >= 4 is 23.6 Å². The molecule has 9 nitrogen and oxygen atoms in total. The average Bonchev–Trinajstić information content (AvgIpc) is 2.53. The number of hydrogen-bond acceptors (Lipinski definition) is 6. The third kappa shape index (κ3) is 3.14. The van der Waals surface area contributed by atoms with E-state index in [-0.39, 0.29) is 5.69 Å². The van der Waals surface area contributed by atoms with Gasteiger partial charge in [-0.25, -0.2) is 24.4 Å². The second kappa shape index (κ2) is 6.32. The van der Waals surface area contributed by atoms with Crippen LogP contribution in [0.2, 0.25) is 0 Å². The fourth-order valence-electron chi connectivity index (χ4n) is 2.00. The lowest BCUT2D eigenvalue weighted by Crippen LogP contribution is -2.18. The number of benzene rings is 1. The fraction of sp³-hybridized carbons (Fsp3) is 0.133. The molecule has 0 aliphatic rings. The highest BCUT2D eigenvalue weighted by Gasteiger charge is 2.26. The number of nitrogens with zero attached hydrogens (tertiary/aromatic N) is 3. The number of carboxylic acids is 3. The van der Waals surface area contributed by atoms with Crippen molar-refractivity contribution < 1.29 is 29.7 Å². The van der Waals surface area contributed by atoms with Crippen molar-refractivity contribution in [1.82, 2.24) is 9.97 Å². The Morgan fingerprint density at radius 1 is 0.792 bits per heavy atom. The van der Waals surface area contributed by atoms with Gasteiger partial charge >= 0.3 is 17.9 Å². The summed E-state index contributed by atoms with van der Waals surface area (Å²) in [5.41, 5.74) is -1.44. The molecule has 1 heterocycles. The maximum absolute atomic E-state index is 11.4. The van der Waals surface area contributed by atoms with E-state index in [2.05, 4.69) is 9.97 Å². The molecule has 0 saturated heterocycles. The molecule has 24 heavy (non-hydrogen) atoms. The molecule has 2 aromatic rings. The maximum Gasteiger partial charge on any atom is 0.357 e. The summed E-state index contributed by atoms with van der Waals surface area (Å²) in [6.45, 7) is 0. The topological polar surface area (TPSA) is 141 Å². The van der Waals surface area contributed by atoms with Crippen LogP contribution >= 0.6 is 0 Å². The molecule has 3 N–H and O–H groups in total. The lowest BCUT2D eigenvalue weighted by Gasteiger charge is -2.13. The largest absolute Gasteiger partial charge is 0.476 e. The molecule has 0 fully saturated rings. The Morgan fingerprint density at radius 3 is 1.67 bits per heavy atom. The van der Waals surface area contributed by atoms with Crippen LogP contribution < -0.4 is 4.90 Å². The molecule has 0 bridgehead atoms. The molecule has 0 spiro atoms. The molecule has 0 radical (unpaired) electrons. The second-order valence-electron chi connectivity index (χ2n) is 4.97. The number of carboxylic acid groups (broad SMARTS) is 3. The molecular formula is C15H13N3O6. The van der Waals surface area contributed by atoms with Crippen molar-refractivity contribution in [1.29, 1.82) is 0 Å². The minimum atomic E-state index is -1.67. The molecular weight excluding hydrogens is 318 g/mol. The first kappa shape index (κ1) is 16.9. The van der Waals surface area contributed by atoms with Crippen LogP contribution in [0.15, 0.2) is 24.3 Å². The molecule has 0 aliphatic carbocycles. The van der Waals surface area contributed by atoms with Gasteiger partial charge in [-0.2, -0.15) is 0 Å². The highest BCUT2D eigenvalue weighted by molar-refractivity contribution is 6.01. The maximum atomic E-state index is 11.4. The molecule has 124 valence electrons. The number of rotatable bonds is 5. The molecule has 1 aromatic heterocycles. The standard InChI is InChI=1S/C15H13N3O6/c1-18(2)8-5-3-7(4-6-8)9-10(13(19)20)17-12(15(23)24)11(16-9)14(21)22/h3-6H,1-2H3,(H,19,20)(H,21,22)(H,23,24). The monoisotopic (exact) mass is 331 g/mol. The molecule has 0 saturated carbocycles. The van der Waals surface area contributed by atoms with Crippen molar-refractivity contribution in [3.8, 4) is 11.3 Å². The van der Waals surface area contributed by atoms with Crippen LogP contribution in [0.25, 0.3) is 11.3 Å². The van der Waals surface area contributed by atoms with Gasteiger partial charge in [0.2, 0.25) is 0 Å². The Balaban J connectivity index is 2.71. The molecule has 9 heteroatoms. The fourth-order valence-corrected chi connectivity index (χ4v) is 2.00. The van der Waals surface area contributed by atoms with E-state index in [0.717, 1.165) is 5.69 Å². The van der Waals surface area contributed by atoms with E-state index in [1.54, 1.807) is 24.3 Å². The van der Waals surface area contributed by atoms with Crippen molar-refractivity contribution in [2.45, 2.75) is 0 Å². The number of aromatic nitrogens is 2. The third-order valence-electron chi connectivity index (χ3n) is 3.16. The van der Waals surface area contributed by atoms with E-state index < -0.39 is 35.0 Å². The van der Waals surface area contributed by atoms with E-state index in [4.69, 9.17) is 10.2 Å². The smallest absolute Gasteiger partial charge is 0.357 e. The van der Waals surface area contributed by atoms with Gasteiger partial charge in [0, 0.05) is 25.3 Å². The first-order chi connectivity index (χ1) is 11.2. The second-order valence-corrected chi connectivity index (χ2v) is 4.97. The number of anilines is 1. The van der Waals surface area contributed by atoms with Gasteiger partial charge in [0.05, 0.1) is 0 Å². The SMILES string of the molecule is CN(C)c1ccc(-c2nc(C(=O)O)c(C(=O)O)nc2C(=O)O)cc1. The molecule has 1 aromatic carbocycles. The van der Waals surface area contributed by atoms with Crippen LogP contribution in [0, 0.1) is 0 Å². The summed E-state index contributed by atoms with van der Waals surface area (Å²) in [5, 5.41) is 27.4. The molecule has 0 atom stereocenters. The first-order valence-electron chi connectivity index (χ1n) is 6.62. The van der Waals surface area contributed by atoms with Crippen LogP contribution in [0.3, 0.4) is 0 Å². The van der Waals surface area contributed by atoms with Gasteiger partial charge in [0.25, 0.3) is 0 Å². The van der Waals surface area contributed by atoms with E-state index in [1.807, 2.05) is 19.0 Å². The summed E-state index contributed by atoms with van der Waals surface area (Å²) in [6, 6.07) is 6.48. The molecule has 2 rings (SSSR count). The Labute approximate surface area is 135 Å². The van der Waals surface area contributed by atoms with E-state index in [9.17, 15) is 19.5 Å². The van der Waals surface area contributed by atoms with Gasteiger partial charge in [0.1, 0.15) is 5.69 Å². The van der Waals surface area contributed by atoms with Gasteiger partial charge < -0.3 is 20.2 Å². The summed E-state index contributed by atoms with van der Waals surface area (Å²) in [6.07, 6.45) is 0. The van der Waals surface area contributed by atoms with Crippen LogP contribution in [-0.2, 0) is 0 Å². The number of aromatic carboxylic acids is 3. The number of carbonyl (C=O) groups is 3. The Bertz CT molecular complexity index is 830. The van der Waals surface area contributed by atoms with Crippen molar-refractivity contribution in [3.05, 3.63) is 41.3 Å². The highest BCUT2D eigenvalue weighted by atomic mass is 16.4. The van der Waals surface area contributed by atoms with Gasteiger partial charge in [-0.3, -0.25) is 0 Å². The Kier molecular flexibility index (Phi) is 4.45. The molecule has 0 amide bonds. The summed E-state index contributed by atoms with van der Waals surface area (Å²) in [7, 11) is 3.64. The lowest BCUT2D eigenvalue weighted by molar-refractivity contribution is 0.0635. The van der Waals surface area contributed by atoms with Crippen LogP contribution in [0.1, 0.15) is 31.5 Å². The van der Waals surface area contributed by atoms with E-state index in [1.165, 1.54) is 0 Å². The van der Waals surface area contributed by atoms with Gasteiger partial charge in [-0.05, 0) is 12.1 Å². The predicted molar refractivity (Wildman–Crippen MR) is 82.7 cm³/mol. The normalized spacial score (nSPS) is 10.2. The third-order valence-corrected chi connectivity index (χ3v) is 3.16.